The zero-order valence-corrected chi connectivity index (χ0v) is 10.5. The normalized spacial score (nSPS) is 21.7. The molecule has 0 fully saturated rings. The van der Waals surface area contributed by atoms with Crippen molar-refractivity contribution in [2.45, 2.75) is 13.0 Å². The number of aliphatic hydroxyl groups is 1. The van der Waals surface area contributed by atoms with Gasteiger partial charge in [-0.25, -0.2) is 0 Å². The Morgan fingerprint density at radius 2 is 2.33 bits per heavy atom. The van der Waals surface area contributed by atoms with Crippen LogP contribution in [-0.2, 0) is 9.53 Å². The average Bonchev–Trinajstić information content (AvgIpc) is 2.39. The number of methoxy groups -OCH3 is 1. The maximum atomic E-state index is 11.7. The van der Waals surface area contributed by atoms with Crippen LogP contribution in [0.15, 0.2) is 18.2 Å². The van der Waals surface area contributed by atoms with Crippen LogP contribution in [0.5, 0.6) is 5.75 Å². The highest BCUT2D eigenvalue weighted by Gasteiger charge is 2.35. The van der Waals surface area contributed by atoms with Gasteiger partial charge in [-0.15, -0.1) is 0 Å². The largest absolute Gasteiger partial charge is 0.495 e. The van der Waals surface area contributed by atoms with E-state index >= 15 is 0 Å². The van der Waals surface area contributed by atoms with E-state index < -0.39 is 12.0 Å². The standard InChI is InChI=1S/C13H17NO4/c1-3-18-13(16)9-7-14-11-8(12(9)15)5-4-6-10(11)17-2/h4-6,9,12,14-15H,3,7H2,1-2H3/t9-,12+/m1/s1. The molecule has 0 saturated heterocycles. The van der Waals surface area contributed by atoms with Crippen molar-refractivity contribution in [3.05, 3.63) is 23.8 Å². The molecular formula is C13H17NO4. The number of rotatable bonds is 3. The van der Waals surface area contributed by atoms with E-state index in [9.17, 15) is 9.90 Å². The Balaban J connectivity index is 2.28. The monoisotopic (exact) mass is 251 g/mol. The molecule has 1 aliphatic rings. The number of esters is 1. The summed E-state index contributed by atoms with van der Waals surface area (Å²) in [7, 11) is 1.57. The number of para-hydroxylation sites is 1. The van der Waals surface area contributed by atoms with Crippen LogP contribution in [0.3, 0.4) is 0 Å². The summed E-state index contributed by atoms with van der Waals surface area (Å²) < 4.78 is 10.2. The Bertz CT molecular complexity index is 447. The molecule has 0 unspecified atom stereocenters. The van der Waals surface area contributed by atoms with Gasteiger partial charge in [-0.05, 0) is 13.0 Å². The van der Waals surface area contributed by atoms with E-state index in [2.05, 4.69) is 5.32 Å². The number of benzene rings is 1. The number of nitrogens with one attached hydrogen (secondary N) is 1. The lowest BCUT2D eigenvalue weighted by molar-refractivity contribution is -0.151. The molecule has 98 valence electrons. The van der Waals surface area contributed by atoms with Gasteiger partial charge in [-0.2, -0.15) is 0 Å². The zero-order valence-electron chi connectivity index (χ0n) is 10.5. The smallest absolute Gasteiger partial charge is 0.313 e. The molecule has 2 N–H and O–H groups in total. The van der Waals surface area contributed by atoms with Crippen LogP contribution >= 0.6 is 0 Å². The molecule has 0 amide bonds. The minimum absolute atomic E-state index is 0.313. The second kappa shape index (κ2) is 5.27. The molecule has 2 rings (SSSR count). The molecule has 1 heterocycles. The first-order valence-electron chi connectivity index (χ1n) is 5.94. The van der Waals surface area contributed by atoms with E-state index in [0.717, 1.165) is 5.69 Å². The molecule has 18 heavy (non-hydrogen) atoms. The van der Waals surface area contributed by atoms with Crippen LogP contribution < -0.4 is 10.1 Å². The maximum Gasteiger partial charge on any atom is 0.313 e. The molecule has 0 radical (unpaired) electrons. The van der Waals surface area contributed by atoms with Gasteiger partial charge in [0.15, 0.2) is 0 Å². The first-order valence-corrected chi connectivity index (χ1v) is 5.94. The van der Waals surface area contributed by atoms with E-state index in [0.29, 0.717) is 24.5 Å². The number of ether oxygens (including phenoxy) is 2. The lowest BCUT2D eigenvalue weighted by atomic mass is 9.90. The van der Waals surface area contributed by atoms with Crippen molar-refractivity contribution in [3.63, 3.8) is 0 Å². The number of carbonyl (C=O) groups excluding carboxylic acids is 1. The van der Waals surface area contributed by atoms with Crippen LogP contribution in [0.1, 0.15) is 18.6 Å². The molecule has 0 saturated carbocycles. The highest BCUT2D eigenvalue weighted by atomic mass is 16.5. The minimum Gasteiger partial charge on any atom is -0.495 e. The van der Waals surface area contributed by atoms with Gasteiger partial charge in [0.25, 0.3) is 0 Å². The van der Waals surface area contributed by atoms with Crippen LogP contribution in [-0.4, -0.2) is 31.3 Å². The van der Waals surface area contributed by atoms with E-state index in [4.69, 9.17) is 9.47 Å². The summed E-state index contributed by atoms with van der Waals surface area (Å²) >= 11 is 0. The van der Waals surface area contributed by atoms with Crippen LogP contribution in [0.4, 0.5) is 5.69 Å². The average molecular weight is 251 g/mol. The summed E-state index contributed by atoms with van der Waals surface area (Å²) in [6, 6.07) is 5.38. The van der Waals surface area contributed by atoms with Crippen molar-refractivity contribution < 1.29 is 19.4 Å². The maximum absolute atomic E-state index is 11.7. The van der Waals surface area contributed by atoms with Crippen molar-refractivity contribution in [1.82, 2.24) is 0 Å². The highest BCUT2D eigenvalue weighted by Crippen LogP contribution is 2.39. The summed E-state index contributed by atoms with van der Waals surface area (Å²) in [4.78, 5) is 11.7. The third kappa shape index (κ3) is 2.13. The van der Waals surface area contributed by atoms with Gasteiger partial charge in [0.05, 0.1) is 25.5 Å². The summed E-state index contributed by atoms with van der Waals surface area (Å²) in [5.41, 5.74) is 1.41. The fourth-order valence-corrected chi connectivity index (χ4v) is 2.16. The summed E-state index contributed by atoms with van der Waals surface area (Å²) in [5, 5.41) is 13.4. The van der Waals surface area contributed by atoms with Crippen LogP contribution in [0.2, 0.25) is 0 Å². The second-order valence-corrected chi connectivity index (χ2v) is 4.11. The van der Waals surface area contributed by atoms with Gasteiger partial charge in [-0.3, -0.25) is 4.79 Å². The molecule has 0 bridgehead atoms. The Hall–Kier alpha value is -1.75. The van der Waals surface area contributed by atoms with Crippen molar-refractivity contribution in [2.75, 3.05) is 25.6 Å². The van der Waals surface area contributed by atoms with Crippen LogP contribution in [0, 0.1) is 5.92 Å². The predicted octanol–water partition coefficient (Wildman–Crippen LogP) is 1.33. The first-order chi connectivity index (χ1) is 8.69. The number of fused-ring (bicyclic) bond motifs is 1. The Kier molecular flexibility index (Phi) is 3.72. The summed E-state index contributed by atoms with van der Waals surface area (Å²) in [6.45, 7) is 2.40. The van der Waals surface area contributed by atoms with Gasteiger partial charge in [0.2, 0.25) is 0 Å². The van der Waals surface area contributed by atoms with Gasteiger partial charge in [0, 0.05) is 12.1 Å². The molecule has 1 aromatic carbocycles. The SMILES string of the molecule is CCOC(=O)[C@@H]1CNc2c(OC)cccc2[C@@H]1O. The van der Waals surface area contributed by atoms with Gasteiger partial charge < -0.3 is 19.9 Å². The van der Waals surface area contributed by atoms with Gasteiger partial charge in [-0.1, -0.05) is 12.1 Å². The fraction of sp³-hybridized carbons (Fsp3) is 0.462. The van der Waals surface area contributed by atoms with E-state index in [1.165, 1.54) is 0 Å². The molecule has 0 aromatic heterocycles. The van der Waals surface area contributed by atoms with Gasteiger partial charge in [0.1, 0.15) is 11.7 Å². The Labute approximate surface area is 106 Å². The summed E-state index contributed by atoms with van der Waals surface area (Å²) in [5.74, 6) is -0.301. The Morgan fingerprint density at radius 1 is 1.56 bits per heavy atom. The van der Waals surface area contributed by atoms with Crippen molar-refractivity contribution in [2.24, 2.45) is 5.92 Å². The number of anilines is 1. The third-order valence-electron chi connectivity index (χ3n) is 3.07. The zero-order chi connectivity index (χ0) is 13.1. The van der Waals surface area contributed by atoms with Crippen molar-refractivity contribution in [3.8, 4) is 5.75 Å². The summed E-state index contributed by atoms with van der Waals surface area (Å²) in [6.07, 6.45) is -0.865. The molecule has 1 aromatic rings. The molecule has 5 heteroatoms. The Morgan fingerprint density at radius 3 is 3.00 bits per heavy atom. The lowest BCUT2D eigenvalue weighted by Gasteiger charge is -2.30. The molecular weight excluding hydrogens is 234 g/mol. The fourth-order valence-electron chi connectivity index (χ4n) is 2.16. The van der Waals surface area contributed by atoms with E-state index in [1.807, 2.05) is 6.07 Å². The predicted molar refractivity (Wildman–Crippen MR) is 66.6 cm³/mol. The quantitative estimate of drug-likeness (QED) is 0.793. The van der Waals surface area contributed by atoms with E-state index in [-0.39, 0.29) is 5.97 Å². The third-order valence-corrected chi connectivity index (χ3v) is 3.07. The number of hydrogen-bond donors (Lipinski definition) is 2. The number of aliphatic hydroxyl groups excluding tert-OH is 1. The topological polar surface area (TPSA) is 67.8 Å². The highest BCUT2D eigenvalue weighted by molar-refractivity contribution is 5.77. The number of hydrogen-bond acceptors (Lipinski definition) is 5. The van der Waals surface area contributed by atoms with E-state index in [1.54, 1.807) is 26.2 Å². The molecule has 5 nitrogen and oxygen atoms in total. The minimum atomic E-state index is -0.865. The molecule has 1 aliphatic heterocycles. The lowest BCUT2D eigenvalue weighted by Crippen LogP contribution is -2.35. The second-order valence-electron chi connectivity index (χ2n) is 4.11. The van der Waals surface area contributed by atoms with Crippen molar-refractivity contribution >= 4 is 11.7 Å². The van der Waals surface area contributed by atoms with Crippen molar-refractivity contribution in [1.29, 1.82) is 0 Å². The molecule has 2 atom stereocenters. The van der Waals surface area contributed by atoms with Gasteiger partial charge >= 0.3 is 5.97 Å². The molecule has 0 aliphatic carbocycles. The number of carbonyl (C=O) groups is 1. The molecule has 0 spiro atoms. The first kappa shape index (κ1) is 12.7. The van der Waals surface area contributed by atoms with Crippen LogP contribution in [0.25, 0.3) is 0 Å².